The number of hydrogen-bond acceptors (Lipinski definition) is 2. The molecule has 0 amide bonds. The third-order valence-corrected chi connectivity index (χ3v) is 3.84. The van der Waals surface area contributed by atoms with Crippen molar-refractivity contribution in [3.05, 3.63) is 58.6 Å². The maximum absolute atomic E-state index is 5.95. The molecule has 0 aromatic heterocycles. The summed E-state index contributed by atoms with van der Waals surface area (Å²) in [5, 5.41) is 3.49. The number of para-hydroxylation sites is 1. The van der Waals surface area contributed by atoms with Gasteiger partial charge in [0.15, 0.2) is 0 Å². The Balaban J connectivity index is 2.19. The minimum absolute atomic E-state index is 0.378. The molecule has 2 rings (SSSR count). The first-order valence-corrected chi connectivity index (χ1v) is 7.79. The van der Waals surface area contributed by atoms with Gasteiger partial charge in [-0.1, -0.05) is 38.1 Å². The molecule has 0 aliphatic rings. The molecule has 20 heavy (non-hydrogen) atoms. The second kappa shape index (κ2) is 7.46. The summed E-state index contributed by atoms with van der Waals surface area (Å²) in [4.78, 5) is 0. The zero-order valence-electron chi connectivity index (χ0n) is 11.9. The van der Waals surface area contributed by atoms with E-state index in [1.165, 1.54) is 5.56 Å². The average Bonchev–Trinajstić information content (AvgIpc) is 2.47. The Morgan fingerprint density at radius 1 is 1.10 bits per heavy atom. The van der Waals surface area contributed by atoms with Crippen LogP contribution in [0, 0.1) is 0 Å². The molecule has 0 bridgehead atoms. The number of ether oxygens (including phenoxy) is 1. The van der Waals surface area contributed by atoms with E-state index < -0.39 is 0 Å². The van der Waals surface area contributed by atoms with Crippen LogP contribution in [0.1, 0.15) is 31.9 Å². The van der Waals surface area contributed by atoms with Crippen molar-refractivity contribution in [1.82, 2.24) is 5.32 Å². The number of benzene rings is 2. The average molecular weight is 334 g/mol. The van der Waals surface area contributed by atoms with Crippen molar-refractivity contribution in [2.45, 2.75) is 26.3 Å². The highest BCUT2D eigenvalue weighted by molar-refractivity contribution is 9.10. The molecule has 3 heteroatoms. The first kappa shape index (κ1) is 15.1. The van der Waals surface area contributed by atoms with Gasteiger partial charge >= 0.3 is 0 Å². The van der Waals surface area contributed by atoms with Crippen molar-refractivity contribution in [3.8, 4) is 11.5 Å². The van der Waals surface area contributed by atoms with Crippen LogP contribution in [0.2, 0.25) is 0 Å². The first-order valence-electron chi connectivity index (χ1n) is 7.00. The lowest BCUT2D eigenvalue weighted by atomic mass is 10.0. The molecular formula is C17H20BrNO. The van der Waals surface area contributed by atoms with E-state index >= 15 is 0 Å². The molecule has 2 aromatic carbocycles. The van der Waals surface area contributed by atoms with Crippen LogP contribution in [0.15, 0.2) is 53.0 Å². The van der Waals surface area contributed by atoms with E-state index in [0.29, 0.717) is 6.04 Å². The fraction of sp³-hybridized carbons (Fsp3) is 0.294. The summed E-state index contributed by atoms with van der Waals surface area (Å²) in [5.41, 5.74) is 1.26. The van der Waals surface area contributed by atoms with Crippen molar-refractivity contribution in [2.75, 3.05) is 6.54 Å². The molecular weight excluding hydrogens is 314 g/mol. The second-order valence-electron chi connectivity index (χ2n) is 4.62. The highest BCUT2D eigenvalue weighted by Crippen LogP contribution is 2.30. The summed E-state index contributed by atoms with van der Waals surface area (Å²) in [6.07, 6.45) is 1.06. The predicted molar refractivity (Wildman–Crippen MR) is 87.4 cm³/mol. The van der Waals surface area contributed by atoms with Crippen LogP contribution >= 0.6 is 15.9 Å². The number of nitrogens with one attached hydrogen (secondary N) is 1. The minimum atomic E-state index is 0.378. The third-order valence-electron chi connectivity index (χ3n) is 3.18. The van der Waals surface area contributed by atoms with Crippen molar-refractivity contribution in [3.63, 3.8) is 0 Å². The van der Waals surface area contributed by atoms with Crippen molar-refractivity contribution in [2.24, 2.45) is 0 Å². The fourth-order valence-electron chi connectivity index (χ4n) is 2.19. The lowest BCUT2D eigenvalue weighted by Crippen LogP contribution is -2.19. The quantitative estimate of drug-likeness (QED) is 0.774. The van der Waals surface area contributed by atoms with Crippen LogP contribution in [0.4, 0.5) is 0 Å². The summed E-state index contributed by atoms with van der Waals surface area (Å²) in [6.45, 7) is 5.28. The normalized spacial score (nSPS) is 12.2. The van der Waals surface area contributed by atoms with Crippen LogP contribution in [0.25, 0.3) is 0 Å². The highest BCUT2D eigenvalue weighted by atomic mass is 79.9. The third kappa shape index (κ3) is 3.84. The molecule has 0 saturated heterocycles. The Hall–Kier alpha value is -1.32. The fourth-order valence-corrected chi connectivity index (χ4v) is 2.56. The monoisotopic (exact) mass is 333 g/mol. The van der Waals surface area contributed by atoms with E-state index in [1.54, 1.807) is 0 Å². The van der Waals surface area contributed by atoms with Gasteiger partial charge in [-0.2, -0.15) is 0 Å². The van der Waals surface area contributed by atoms with Gasteiger partial charge in [0, 0.05) is 6.04 Å². The van der Waals surface area contributed by atoms with Gasteiger partial charge in [0.05, 0.1) is 4.47 Å². The standard InChI is InChI=1S/C17H20BrNO/c1-3-16(19-4-2)13-8-7-9-14(12-13)20-17-11-6-5-10-15(17)18/h5-12,16,19H,3-4H2,1-2H3. The Bertz CT molecular complexity index is 556. The van der Waals surface area contributed by atoms with E-state index in [4.69, 9.17) is 4.74 Å². The Morgan fingerprint density at radius 3 is 2.60 bits per heavy atom. The number of rotatable bonds is 6. The van der Waals surface area contributed by atoms with Gasteiger partial charge < -0.3 is 10.1 Å². The maximum atomic E-state index is 5.95. The molecule has 0 aliphatic heterocycles. The summed E-state index contributed by atoms with van der Waals surface area (Å²) < 4.78 is 6.91. The Kier molecular flexibility index (Phi) is 5.62. The largest absolute Gasteiger partial charge is 0.456 e. The molecule has 0 aliphatic carbocycles. The zero-order valence-corrected chi connectivity index (χ0v) is 13.5. The predicted octanol–water partition coefficient (Wildman–Crippen LogP) is 5.30. The van der Waals surface area contributed by atoms with Gasteiger partial charge in [-0.05, 0) is 58.7 Å². The van der Waals surface area contributed by atoms with E-state index in [-0.39, 0.29) is 0 Å². The topological polar surface area (TPSA) is 21.3 Å². The van der Waals surface area contributed by atoms with E-state index in [0.717, 1.165) is 28.9 Å². The number of hydrogen-bond donors (Lipinski definition) is 1. The van der Waals surface area contributed by atoms with E-state index in [1.807, 2.05) is 36.4 Å². The molecule has 1 N–H and O–H groups in total. The van der Waals surface area contributed by atoms with Gasteiger partial charge in [-0.3, -0.25) is 0 Å². The molecule has 0 spiro atoms. The molecule has 106 valence electrons. The van der Waals surface area contributed by atoms with Crippen LogP contribution < -0.4 is 10.1 Å². The molecule has 1 unspecified atom stereocenters. The zero-order chi connectivity index (χ0) is 14.4. The van der Waals surface area contributed by atoms with Gasteiger partial charge in [0.25, 0.3) is 0 Å². The molecule has 2 aromatic rings. The molecule has 0 radical (unpaired) electrons. The molecule has 0 fully saturated rings. The smallest absolute Gasteiger partial charge is 0.141 e. The van der Waals surface area contributed by atoms with Crippen LogP contribution in [-0.2, 0) is 0 Å². The van der Waals surface area contributed by atoms with Crippen LogP contribution in [-0.4, -0.2) is 6.54 Å². The first-order chi connectivity index (χ1) is 9.74. The summed E-state index contributed by atoms with van der Waals surface area (Å²) in [7, 11) is 0. The van der Waals surface area contributed by atoms with Crippen LogP contribution in [0.3, 0.4) is 0 Å². The SMILES string of the molecule is CCNC(CC)c1cccc(Oc2ccccc2Br)c1. The molecule has 0 saturated carbocycles. The summed E-state index contributed by atoms with van der Waals surface area (Å²) >= 11 is 3.50. The Morgan fingerprint density at radius 2 is 1.90 bits per heavy atom. The van der Waals surface area contributed by atoms with E-state index in [9.17, 15) is 0 Å². The van der Waals surface area contributed by atoms with E-state index in [2.05, 4.69) is 47.2 Å². The van der Waals surface area contributed by atoms with Gasteiger partial charge in [-0.25, -0.2) is 0 Å². The summed E-state index contributed by atoms with van der Waals surface area (Å²) in [6, 6.07) is 16.5. The Labute approximate surface area is 129 Å². The van der Waals surface area contributed by atoms with Crippen LogP contribution in [0.5, 0.6) is 11.5 Å². The van der Waals surface area contributed by atoms with Crippen molar-refractivity contribution < 1.29 is 4.74 Å². The van der Waals surface area contributed by atoms with Gasteiger partial charge in [0.2, 0.25) is 0 Å². The molecule has 2 nitrogen and oxygen atoms in total. The lowest BCUT2D eigenvalue weighted by molar-refractivity contribution is 0.475. The second-order valence-corrected chi connectivity index (χ2v) is 5.48. The molecule has 0 heterocycles. The maximum Gasteiger partial charge on any atom is 0.141 e. The minimum Gasteiger partial charge on any atom is -0.456 e. The number of halogens is 1. The van der Waals surface area contributed by atoms with Gasteiger partial charge in [-0.15, -0.1) is 0 Å². The summed E-state index contributed by atoms with van der Waals surface area (Å²) in [5.74, 6) is 1.70. The van der Waals surface area contributed by atoms with Gasteiger partial charge in [0.1, 0.15) is 11.5 Å². The molecule has 1 atom stereocenters. The lowest BCUT2D eigenvalue weighted by Gasteiger charge is -2.17. The van der Waals surface area contributed by atoms with Crippen molar-refractivity contribution in [1.29, 1.82) is 0 Å². The van der Waals surface area contributed by atoms with Crippen molar-refractivity contribution >= 4 is 15.9 Å². The highest BCUT2D eigenvalue weighted by Gasteiger charge is 2.09.